The second-order valence-electron chi connectivity index (χ2n) is 4.49. The number of nitro benzene ring substituents is 1. The van der Waals surface area contributed by atoms with Gasteiger partial charge in [0.25, 0.3) is 5.69 Å². The van der Waals surface area contributed by atoms with E-state index in [1.54, 1.807) is 0 Å². The van der Waals surface area contributed by atoms with Crippen LogP contribution >= 0.6 is 11.6 Å². The highest BCUT2D eigenvalue weighted by atomic mass is 35.5. The molecule has 0 fully saturated rings. The summed E-state index contributed by atoms with van der Waals surface area (Å²) in [4.78, 5) is 9.71. The maximum Gasteiger partial charge on any atom is 0.290 e. The number of rotatable bonds is 5. The van der Waals surface area contributed by atoms with Crippen LogP contribution in [-0.4, -0.2) is 33.0 Å². The van der Waals surface area contributed by atoms with Crippen LogP contribution in [0.2, 0.25) is 5.02 Å². The Kier molecular flexibility index (Phi) is 4.94. The van der Waals surface area contributed by atoms with E-state index in [2.05, 4.69) is 10.0 Å². The summed E-state index contributed by atoms with van der Waals surface area (Å²) >= 11 is 5.83. The van der Waals surface area contributed by atoms with Crippen molar-refractivity contribution >= 4 is 27.3 Å². The molecule has 0 unspecified atom stereocenters. The van der Waals surface area contributed by atoms with Crippen LogP contribution in [0.1, 0.15) is 6.42 Å². The monoisotopic (exact) mass is 331 g/mol. The molecule has 0 aliphatic carbocycles. The van der Waals surface area contributed by atoms with Crippen molar-refractivity contribution < 1.29 is 13.3 Å². The molecular formula is C12H14ClN3O4S. The van der Waals surface area contributed by atoms with Crippen molar-refractivity contribution in [3.63, 3.8) is 0 Å². The van der Waals surface area contributed by atoms with E-state index in [0.717, 1.165) is 24.6 Å². The molecule has 0 bridgehead atoms. The van der Waals surface area contributed by atoms with Crippen molar-refractivity contribution in [3.05, 3.63) is 45.0 Å². The number of benzene rings is 1. The quantitative estimate of drug-likeness (QED) is 0.483. The van der Waals surface area contributed by atoms with Gasteiger partial charge in [0.15, 0.2) is 4.90 Å². The van der Waals surface area contributed by atoms with Crippen LogP contribution in [0.5, 0.6) is 0 Å². The molecule has 114 valence electrons. The summed E-state index contributed by atoms with van der Waals surface area (Å²) < 4.78 is 26.9. The van der Waals surface area contributed by atoms with Crippen molar-refractivity contribution in [2.45, 2.75) is 11.3 Å². The van der Waals surface area contributed by atoms with Gasteiger partial charge < -0.3 is 5.32 Å². The first-order valence-electron chi connectivity index (χ1n) is 6.23. The molecule has 9 heteroatoms. The van der Waals surface area contributed by atoms with E-state index in [4.69, 9.17) is 11.6 Å². The van der Waals surface area contributed by atoms with Crippen LogP contribution in [0.4, 0.5) is 5.69 Å². The molecule has 0 aromatic heterocycles. The Morgan fingerprint density at radius 3 is 2.81 bits per heavy atom. The summed E-state index contributed by atoms with van der Waals surface area (Å²) in [5.74, 6) is 0. The molecule has 1 aliphatic heterocycles. The summed E-state index contributed by atoms with van der Waals surface area (Å²) in [5, 5.41) is 13.9. The van der Waals surface area contributed by atoms with Crippen LogP contribution in [0.15, 0.2) is 34.7 Å². The van der Waals surface area contributed by atoms with Gasteiger partial charge in [-0.25, -0.2) is 13.1 Å². The molecule has 1 aliphatic rings. The van der Waals surface area contributed by atoms with E-state index in [0.29, 0.717) is 6.54 Å². The molecule has 1 heterocycles. The van der Waals surface area contributed by atoms with Gasteiger partial charge in [-0.05, 0) is 19.0 Å². The van der Waals surface area contributed by atoms with Crippen molar-refractivity contribution in [1.29, 1.82) is 0 Å². The lowest BCUT2D eigenvalue weighted by molar-refractivity contribution is -0.387. The smallest absolute Gasteiger partial charge is 0.290 e. The van der Waals surface area contributed by atoms with E-state index in [1.807, 2.05) is 6.08 Å². The SMILES string of the molecule is O=[N+]([O-])c1cccc(Cl)c1S(=O)(=O)NCC1=CCNCC1. The van der Waals surface area contributed by atoms with E-state index >= 15 is 0 Å². The number of nitrogens with one attached hydrogen (secondary N) is 2. The standard InChI is InChI=1S/C12H14ClN3O4S/c13-10-2-1-3-11(16(17)18)12(10)21(19,20)15-8-9-4-6-14-7-5-9/h1-4,14-15H,5-8H2. The minimum Gasteiger partial charge on any atom is -0.313 e. The van der Waals surface area contributed by atoms with E-state index < -0.39 is 25.5 Å². The van der Waals surface area contributed by atoms with Gasteiger partial charge in [0.2, 0.25) is 10.0 Å². The fourth-order valence-electron chi connectivity index (χ4n) is 2.00. The molecule has 21 heavy (non-hydrogen) atoms. The number of nitro groups is 1. The molecule has 2 N–H and O–H groups in total. The first kappa shape index (κ1) is 15.9. The molecule has 0 radical (unpaired) electrons. The highest BCUT2D eigenvalue weighted by molar-refractivity contribution is 7.89. The predicted octanol–water partition coefficient (Wildman–Crippen LogP) is 1.45. The summed E-state index contributed by atoms with van der Waals surface area (Å²) in [7, 11) is -4.05. The van der Waals surface area contributed by atoms with E-state index in [9.17, 15) is 18.5 Å². The second kappa shape index (κ2) is 6.52. The molecule has 0 saturated heterocycles. The predicted molar refractivity (Wildman–Crippen MR) is 78.9 cm³/mol. The van der Waals surface area contributed by atoms with Gasteiger partial charge in [-0.3, -0.25) is 10.1 Å². The Morgan fingerprint density at radius 1 is 1.43 bits per heavy atom. The lowest BCUT2D eigenvalue weighted by Crippen LogP contribution is -2.30. The highest BCUT2D eigenvalue weighted by Crippen LogP contribution is 2.30. The van der Waals surface area contributed by atoms with Crippen LogP contribution in [0, 0.1) is 10.1 Å². The summed E-state index contributed by atoms with van der Waals surface area (Å²) in [6.45, 7) is 1.58. The first-order valence-corrected chi connectivity index (χ1v) is 8.09. The van der Waals surface area contributed by atoms with Gasteiger partial charge in [-0.1, -0.05) is 29.3 Å². The van der Waals surface area contributed by atoms with Crippen LogP contribution in [-0.2, 0) is 10.0 Å². The molecule has 0 amide bonds. The average molecular weight is 332 g/mol. The van der Waals surface area contributed by atoms with Gasteiger partial charge in [0, 0.05) is 19.2 Å². The Labute approximate surface area is 127 Å². The number of nitrogens with zero attached hydrogens (tertiary/aromatic N) is 1. The molecule has 0 saturated carbocycles. The average Bonchev–Trinajstić information content (AvgIpc) is 2.46. The highest BCUT2D eigenvalue weighted by Gasteiger charge is 2.28. The van der Waals surface area contributed by atoms with Crippen molar-refractivity contribution in [1.82, 2.24) is 10.0 Å². The van der Waals surface area contributed by atoms with Crippen molar-refractivity contribution in [2.75, 3.05) is 19.6 Å². The normalized spacial score (nSPS) is 15.6. The van der Waals surface area contributed by atoms with Crippen LogP contribution in [0.3, 0.4) is 0 Å². The van der Waals surface area contributed by atoms with Crippen LogP contribution in [0.25, 0.3) is 0 Å². The van der Waals surface area contributed by atoms with Gasteiger partial charge in [0.1, 0.15) is 0 Å². The zero-order valence-corrected chi connectivity index (χ0v) is 12.6. The maximum absolute atomic E-state index is 12.3. The van der Waals surface area contributed by atoms with E-state index in [1.165, 1.54) is 12.1 Å². The van der Waals surface area contributed by atoms with Gasteiger partial charge in [-0.15, -0.1) is 0 Å². The Balaban J connectivity index is 2.27. The Hall–Kier alpha value is -1.48. The first-order chi connectivity index (χ1) is 9.92. The number of hydrogen-bond acceptors (Lipinski definition) is 5. The summed E-state index contributed by atoms with van der Waals surface area (Å²) in [6.07, 6.45) is 2.63. The van der Waals surface area contributed by atoms with Crippen molar-refractivity contribution in [3.8, 4) is 0 Å². The third-order valence-corrected chi connectivity index (χ3v) is 4.98. The molecule has 2 rings (SSSR count). The fraction of sp³-hybridized carbons (Fsp3) is 0.333. The fourth-order valence-corrected chi connectivity index (χ4v) is 3.73. The molecular weight excluding hydrogens is 318 g/mol. The zero-order valence-electron chi connectivity index (χ0n) is 11.0. The lowest BCUT2D eigenvalue weighted by atomic mass is 10.1. The molecule has 0 atom stereocenters. The summed E-state index contributed by atoms with van der Waals surface area (Å²) in [6, 6.07) is 3.77. The number of sulfonamides is 1. The third-order valence-electron chi connectivity index (χ3n) is 3.06. The molecule has 0 spiro atoms. The topological polar surface area (TPSA) is 101 Å². The minimum atomic E-state index is -4.05. The molecule has 1 aromatic carbocycles. The third kappa shape index (κ3) is 3.79. The number of hydrogen-bond donors (Lipinski definition) is 2. The van der Waals surface area contributed by atoms with Gasteiger partial charge >= 0.3 is 0 Å². The zero-order chi connectivity index (χ0) is 15.5. The summed E-state index contributed by atoms with van der Waals surface area (Å²) in [5.41, 5.74) is 0.404. The molecule has 1 aromatic rings. The molecule has 7 nitrogen and oxygen atoms in total. The second-order valence-corrected chi connectivity index (χ2v) is 6.60. The Bertz CT molecular complexity index is 688. The maximum atomic E-state index is 12.3. The lowest BCUT2D eigenvalue weighted by Gasteiger charge is -2.15. The Morgan fingerprint density at radius 2 is 2.19 bits per heavy atom. The van der Waals surface area contributed by atoms with Crippen LogP contribution < -0.4 is 10.0 Å². The van der Waals surface area contributed by atoms with Gasteiger partial charge in [0.05, 0.1) is 9.95 Å². The van der Waals surface area contributed by atoms with Crippen molar-refractivity contribution in [2.24, 2.45) is 0 Å². The number of halogens is 1. The minimum absolute atomic E-state index is 0.117. The van der Waals surface area contributed by atoms with E-state index in [-0.39, 0.29) is 11.6 Å². The van der Waals surface area contributed by atoms with Gasteiger partial charge in [-0.2, -0.15) is 0 Å². The largest absolute Gasteiger partial charge is 0.313 e.